The van der Waals surface area contributed by atoms with Gasteiger partial charge in [0.1, 0.15) is 5.65 Å². The molecule has 2 fully saturated rings. The zero-order chi connectivity index (χ0) is 22.2. The molecule has 168 valence electrons. The van der Waals surface area contributed by atoms with Crippen LogP contribution >= 0.6 is 0 Å². The zero-order valence-corrected chi connectivity index (χ0v) is 19.4. The molecule has 0 radical (unpaired) electrons. The van der Waals surface area contributed by atoms with E-state index >= 15 is 0 Å². The number of aryl methyl sites for hydroxylation is 2. The summed E-state index contributed by atoms with van der Waals surface area (Å²) in [5.41, 5.74) is 6.82. The number of fused-ring (bicyclic) bond motifs is 1. The van der Waals surface area contributed by atoms with Crippen molar-refractivity contribution in [3.8, 4) is 11.3 Å². The van der Waals surface area contributed by atoms with Crippen LogP contribution in [0.3, 0.4) is 0 Å². The number of aromatic nitrogens is 2. The minimum absolute atomic E-state index is 0.210. The van der Waals surface area contributed by atoms with Gasteiger partial charge >= 0.3 is 0 Å². The third-order valence-electron chi connectivity index (χ3n) is 7.27. The Hall–Kier alpha value is -2.86. The van der Waals surface area contributed by atoms with Crippen molar-refractivity contribution in [2.75, 3.05) is 51.2 Å². The van der Waals surface area contributed by atoms with E-state index in [0.717, 1.165) is 69.1 Å². The fourth-order valence-corrected chi connectivity index (χ4v) is 5.13. The molecule has 6 nitrogen and oxygen atoms in total. The fourth-order valence-electron chi connectivity index (χ4n) is 5.13. The second-order valence-corrected chi connectivity index (χ2v) is 9.36. The molecule has 32 heavy (non-hydrogen) atoms. The van der Waals surface area contributed by atoms with E-state index in [9.17, 15) is 4.79 Å². The van der Waals surface area contributed by atoms with Gasteiger partial charge < -0.3 is 19.1 Å². The number of nitrogens with zero attached hydrogens (tertiary/aromatic N) is 5. The second-order valence-electron chi connectivity index (χ2n) is 9.36. The number of hydrogen-bond acceptors (Lipinski definition) is 4. The lowest BCUT2D eigenvalue weighted by Crippen LogP contribution is -2.51. The SMILES string of the molecule is Cc1ccc(N2CCN(C(=O)C3CCN(C)CC3)CC2)cc1-c1nc2ccccn2c1C. The summed E-state index contributed by atoms with van der Waals surface area (Å²) in [6.07, 6.45) is 4.06. The summed E-state index contributed by atoms with van der Waals surface area (Å²) in [6.45, 7) is 9.73. The van der Waals surface area contributed by atoms with Gasteiger partial charge in [0.05, 0.1) is 5.69 Å². The van der Waals surface area contributed by atoms with Crippen molar-refractivity contribution in [2.45, 2.75) is 26.7 Å². The van der Waals surface area contributed by atoms with E-state index in [0.29, 0.717) is 5.91 Å². The first-order valence-electron chi connectivity index (χ1n) is 11.8. The Bertz CT molecular complexity index is 1120. The predicted molar refractivity (Wildman–Crippen MR) is 129 cm³/mol. The van der Waals surface area contributed by atoms with E-state index in [4.69, 9.17) is 4.98 Å². The van der Waals surface area contributed by atoms with E-state index in [1.54, 1.807) is 0 Å². The molecule has 2 saturated heterocycles. The summed E-state index contributed by atoms with van der Waals surface area (Å²) < 4.78 is 2.15. The largest absolute Gasteiger partial charge is 0.368 e. The number of amides is 1. The zero-order valence-electron chi connectivity index (χ0n) is 19.4. The highest BCUT2D eigenvalue weighted by atomic mass is 16.2. The molecule has 0 saturated carbocycles. The summed E-state index contributed by atoms with van der Waals surface area (Å²) in [4.78, 5) is 24.7. The predicted octanol–water partition coefficient (Wildman–Crippen LogP) is 3.61. The van der Waals surface area contributed by atoms with Gasteiger partial charge in [-0.1, -0.05) is 12.1 Å². The number of carbonyl (C=O) groups excluding carboxylic acids is 1. The van der Waals surface area contributed by atoms with Crippen LogP contribution in [0.4, 0.5) is 5.69 Å². The highest BCUT2D eigenvalue weighted by Gasteiger charge is 2.29. The van der Waals surface area contributed by atoms with Crippen LogP contribution in [-0.2, 0) is 4.79 Å². The van der Waals surface area contributed by atoms with Gasteiger partial charge in [-0.3, -0.25) is 4.79 Å². The van der Waals surface area contributed by atoms with Crippen LogP contribution in [0.25, 0.3) is 16.9 Å². The van der Waals surface area contributed by atoms with Gasteiger partial charge in [-0.15, -0.1) is 0 Å². The minimum Gasteiger partial charge on any atom is -0.368 e. The van der Waals surface area contributed by atoms with Gasteiger partial charge in [-0.2, -0.15) is 0 Å². The molecule has 0 spiro atoms. The molecule has 0 atom stereocenters. The van der Waals surface area contributed by atoms with Crippen molar-refractivity contribution in [3.05, 3.63) is 53.9 Å². The third-order valence-corrected chi connectivity index (χ3v) is 7.27. The number of imidazole rings is 1. The van der Waals surface area contributed by atoms with Crippen LogP contribution in [0.5, 0.6) is 0 Å². The number of hydrogen-bond donors (Lipinski definition) is 0. The van der Waals surface area contributed by atoms with Crippen LogP contribution in [0.15, 0.2) is 42.6 Å². The molecular weight excluding hydrogens is 398 g/mol. The molecule has 2 aromatic heterocycles. The average Bonchev–Trinajstić information content (AvgIpc) is 3.16. The Morgan fingerprint density at radius 2 is 1.72 bits per heavy atom. The van der Waals surface area contributed by atoms with Crippen molar-refractivity contribution in [3.63, 3.8) is 0 Å². The molecule has 1 amide bonds. The van der Waals surface area contributed by atoms with Crippen molar-refractivity contribution in [2.24, 2.45) is 5.92 Å². The third kappa shape index (κ3) is 3.88. The average molecular weight is 432 g/mol. The lowest BCUT2D eigenvalue weighted by atomic mass is 9.95. The molecule has 4 heterocycles. The minimum atomic E-state index is 0.210. The van der Waals surface area contributed by atoms with E-state index in [1.165, 1.54) is 16.8 Å². The first-order valence-corrected chi connectivity index (χ1v) is 11.8. The maximum Gasteiger partial charge on any atom is 0.225 e. The van der Waals surface area contributed by atoms with Crippen molar-refractivity contribution >= 4 is 17.2 Å². The van der Waals surface area contributed by atoms with Crippen molar-refractivity contribution < 1.29 is 4.79 Å². The van der Waals surface area contributed by atoms with Crippen molar-refractivity contribution in [1.29, 1.82) is 0 Å². The second kappa shape index (κ2) is 8.58. The molecule has 0 bridgehead atoms. The van der Waals surface area contributed by atoms with E-state index < -0.39 is 0 Å². The topological polar surface area (TPSA) is 44.1 Å². The van der Waals surface area contributed by atoms with E-state index in [2.05, 4.69) is 70.5 Å². The lowest BCUT2D eigenvalue weighted by Gasteiger charge is -2.39. The van der Waals surface area contributed by atoms with Gasteiger partial charge in [0, 0.05) is 55.2 Å². The molecule has 6 heteroatoms. The number of anilines is 1. The highest BCUT2D eigenvalue weighted by molar-refractivity contribution is 5.79. The quantitative estimate of drug-likeness (QED) is 0.636. The normalized spacial score (nSPS) is 18.5. The lowest BCUT2D eigenvalue weighted by molar-refractivity contribution is -0.137. The molecule has 3 aromatic rings. The standard InChI is InChI=1S/C26H33N5O/c1-19-7-8-22(18-23(19)25-20(2)31-11-5-4-6-24(31)27-25)29-14-16-30(17-15-29)26(32)21-9-12-28(3)13-10-21/h4-8,11,18,21H,9-10,12-17H2,1-3H3. The molecule has 2 aliphatic rings. The number of likely N-dealkylation sites (tertiary alicyclic amines) is 1. The van der Waals surface area contributed by atoms with Gasteiger partial charge in [0.15, 0.2) is 0 Å². The monoisotopic (exact) mass is 431 g/mol. The van der Waals surface area contributed by atoms with Crippen LogP contribution in [0.1, 0.15) is 24.1 Å². The molecule has 5 rings (SSSR count). The Morgan fingerprint density at radius 3 is 2.44 bits per heavy atom. The van der Waals surface area contributed by atoms with Crippen LogP contribution in [0, 0.1) is 19.8 Å². The smallest absolute Gasteiger partial charge is 0.225 e. The van der Waals surface area contributed by atoms with Crippen LogP contribution in [-0.4, -0.2) is 71.4 Å². The Kier molecular flexibility index (Phi) is 5.64. The van der Waals surface area contributed by atoms with Crippen molar-refractivity contribution in [1.82, 2.24) is 19.2 Å². The number of pyridine rings is 1. The Labute approximate surface area is 190 Å². The maximum atomic E-state index is 13.0. The Morgan fingerprint density at radius 1 is 0.969 bits per heavy atom. The molecule has 1 aromatic carbocycles. The molecule has 2 aliphatic heterocycles. The summed E-state index contributed by atoms with van der Waals surface area (Å²) >= 11 is 0. The summed E-state index contributed by atoms with van der Waals surface area (Å²) in [6, 6.07) is 12.8. The number of piperazine rings is 1. The van der Waals surface area contributed by atoms with Gasteiger partial charge in [0.25, 0.3) is 0 Å². The first kappa shape index (κ1) is 21.0. The number of rotatable bonds is 3. The number of benzene rings is 1. The van der Waals surface area contributed by atoms with Gasteiger partial charge in [-0.05, 0) is 76.7 Å². The highest BCUT2D eigenvalue weighted by Crippen LogP contribution is 2.31. The Balaban J connectivity index is 1.31. The fraction of sp³-hybridized carbons (Fsp3) is 0.462. The number of carbonyl (C=O) groups is 1. The van der Waals surface area contributed by atoms with Gasteiger partial charge in [0.2, 0.25) is 5.91 Å². The summed E-state index contributed by atoms with van der Waals surface area (Å²) in [5.74, 6) is 0.574. The van der Waals surface area contributed by atoms with Crippen LogP contribution in [0.2, 0.25) is 0 Å². The van der Waals surface area contributed by atoms with E-state index in [-0.39, 0.29) is 5.92 Å². The number of piperidine rings is 1. The molecule has 0 aliphatic carbocycles. The van der Waals surface area contributed by atoms with E-state index in [1.807, 2.05) is 12.1 Å². The van der Waals surface area contributed by atoms with Gasteiger partial charge in [-0.25, -0.2) is 4.98 Å². The molecule has 0 N–H and O–H groups in total. The summed E-state index contributed by atoms with van der Waals surface area (Å²) in [7, 11) is 2.14. The molecular formula is C26H33N5O. The maximum absolute atomic E-state index is 13.0. The molecule has 0 unspecified atom stereocenters. The summed E-state index contributed by atoms with van der Waals surface area (Å²) in [5, 5.41) is 0. The van der Waals surface area contributed by atoms with Crippen LogP contribution < -0.4 is 4.90 Å². The first-order chi connectivity index (χ1) is 15.5.